The van der Waals surface area contributed by atoms with Gasteiger partial charge in [-0.3, -0.25) is 9.69 Å². The van der Waals surface area contributed by atoms with Crippen molar-refractivity contribution >= 4 is 39.2 Å². The molecule has 0 atom stereocenters. The van der Waals surface area contributed by atoms with Crippen LogP contribution < -0.4 is 10.1 Å². The van der Waals surface area contributed by atoms with Gasteiger partial charge in [-0.1, -0.05) is 30.3 Å². The van der Waals surface area contributed by atoms with Gasteiger partial charge in [-0.05, 0) is 49.5 Å². The molecule has 8 heteroatoms. The van der Waals surface area contributed by atoms with Crippen LogP contribution in [-0.2, 0) is 4.79 Å². The van der Waals surface area contributed by atoms with Crippen LogP contribution in [0.1, 0.15) is 0 Å². The fraction of sp³-hybridized carbons (Fsp3) is 0.207. The summed E-state index contributed by atoms with van der Waals surface area (Å²) in [4.78, 5) is 28.4. The Kier molecular flexibility index (Phi) is 7.00. The molecule has 0 fully saturated rings. The van der Waals surface area contributed by atoms with E-state index in [-0.39, 0.29) is 5.91 Å². The van der Waals surface area contributed by atoms with E-state index >= 15 is 0 Å². The van der Waals surface area contributed by atoms with E-state index in [4.69, 9.17) is 14.7 Å². The van der Waals surface area contributed by atoms with E-state index in [0.717, 1.165) is 38.8 Å². The van der Waals surface area contributed by atoms with Crippen molar-refractivity contribution in [2.24, 2.45) is 0 Å². The highest BCUT2D eigenvalue weighted by Gasteiger charge is 2.13. The number of anilines is 2. The lowest BCUT2D eigenvalue weighted by Gasteiger charge is -2.19. The molecular formula is C29H30N6O2. The van der Waals surface area contributed by atoms with Gasteiger partial charge in [-0.15, -0.1) is 0 Å². The van der Waals surface area contributed by atoms with Gasteiger partial charge in [-0.2, -0.15) is 0 Å². The summed E-state index contributed by atoms with van der Waals surface area (Å²) in [7, 11) is 5.43. The number of H-pyrrole nitrogens is 1. The maximum absolute atomic E-state index is 11.9. The van der Waals surface area contributed by atoms with E-state index in [9.17, 15) is 4.79 Å². The fourth-order valence-electron chi connectivity index (χ4n) is 4.05. The van der Waals surface area contributed by atoms with Gasteiger partial charge < -0.3 is 19.9 Å². The number of nitrogens with one attached hydrogen (secondary N) is 2. The molecule has 0 saturated heterocycles. The van der Waals surface area contributed by atoms with Gasteiger partial charge in [0.2, 0.25) is 5.91 Å². The zero-order valence-corrected chi connectivity index (χ0v) is 21.2. The Labute approximate surface area is 215 Å². The third kappa shape index (κ3) is 5.70. The summed E-state index contributed by atoms with van der Waals surface area (Å²) < 4.78 is 6.04. The highest BCUT2D eigenvalue weighted by atomic mass is 16.5. The van der Waals surface area contributed by atoms with E-state index in [0.29, 0.717) is 31.3 Å². The number of rotatable bonds is 9. The van der Waals surface area contributed by atoms with Gasteiger partial charge in [0, 0.05) is 54.4 Å². The zero-order valence-electron chi connectivity index (χ0n) is 21.2. The molecular weight excluding hydrogens is 464 g/mol. The molecule has 0 aliphatic rings. The first-order valence-electron chi connectivity index (χ1n) is 12.2. The Morgan fingerprint density at radius 3 is 2.62 bits per heavy atom. The Morgan fingerprint density at radius 2 is 1.81 bits per heavy atom. The molecule has 1 amide bonds. The van der Waals surface area contributed by atoms with Crippen molar-refractivity contribution in [1.82, 2.24) is 24.8 Å². The lowest BCUT2D eigenvalue weighted by atomic mass is 10.1. The third-order valence-corrected chi connectivity index (χ3v) is 6.16. The molecule has 0 unspecified atom stereocenters. The summed E-state index contributed by atoms with van der Waals surface area (Å²) in [5, 5.41) is 5.48. The van der Waals surface area contributed by atoms with E-state index in [1.54, 1.807) is 19.0 Å². The second kappa shape index (κ2) is 10.7. The van der Waals surface area contributed by atoms with E-state index in [1.807, 2.05) is 84.9 Å². The van der Waals surface area contributed by atoms with Crippen LogP contribution in [0.5, 0.6) is 5.75 Å². The Hall–Kier alpha value is -4.43. The molecule has 188 valence electrons. The topological polar surface area (TPSA) is 86.4 Å². The Balaban J connectivity index is 1.42. The summed E-state index contributed by atoms with van der Waals surface area (Å²) in [6.07, 6.45) is 1.93. The van der Waals surface area contributed by atoms with Crippen LogP contribution in [0.15, 0.2) is 79.0 Å². The summed E-state index contributed by atoms with van der Waals surface area (Å²) in [5.41, 5.74) is 3.78. The van der Waals surface area contributed by atoms with Gasteiger partial charge in [0.15, 0.2) is 5.82 Å². The summed E-state index contributed by atoms with van der Waals surface area (Å²) in [6, 6.07) is 24.0. The van der Waals surface area contributed by atoms with Crippen LogP contribution in [0.2, 0.25) is 0 Å². The summed E-state index contributed by atoms with van der Waals surface area (Å²) in [5.74, 6) is 2.14. The number of amides is 1. The largest absolute Gasteiger partial charge is 0.492 e. The Bertz CT molecular complexity index is 1530. The number of aromatic amines is 1. The van der Waals surface area contributed by atoms with Crippen molar-refractivity contribution in [2.45, 2.75) is 0 Å². The smallest absolute Gasteiger partial charge is 0.236 e. The average Bonchev–Trinajstić information content (AvgIpc) is 3.37. The van der Waals surface area contributed by atoms with E-state index in [2.05, 4.69) is 16.4 Å². The van der Waals surface area contributed by atoms with Crippen molar-refractivity contribution in [3.63, 3.8) is 0 Å². The van der Waals surface area contributed by atoms with E-state index < -0.39 is 0 Å². The number of hydrogen-bond acceptors (Lipinski definition) is 6. The quantitative estimate of drug-likeness (QED) is 0.303. The number of hydrogen-bond donors (Lipinski definition) is 2. The maximum Gasteiger partial charge on any atom is 0.236 e. The minimum Gasteiger partial charge on any atom is -0.492 e. The fourth-order valence-corrected chi connectivity index (χ4v) is 4.05. The first kappa shape index (κ1) is 24.3. The van der Waals surface area contributed by atoms with E-state index in [1.165, 1.54) is 0 Å². The molecule has 0 aliphatic carbocycles. The molecule has 0 spiro atoms. The van der Waals surface area contributed by atoms with Gasteiger partial charge >= 0.3 is 0 Å². The highest BCUT2D eigenvalue weighted by molar-refractivity contribution is 5.94. The highest BCUT2D eigenvalue weighted by Crippen LogP contribution is 2.31. The molecule has 2 aromatic heterocycles. The SMILES string of the molecule is CN(CCOc1ccc2nc(-c3ccccc3)nc(Nc3ccc4[nH]ccc4c3)c2c1)CC(=O)N(C)C. The molecule has 37 heavy (non-hydrogen) atoms. The minimum atomic E-state index is 0.0631. The number of fused-ring (bicyclic) bond motifs is 2. The number of likely N-dealkylation sites (N-methyl/N-ethyl adjacent to an activating group) is 2. The molecule has 0 aliphatic heterocycles. The minimum absolute atomic E-state index is 0.0631. The number of benzene rings is 3. The van der Waals surface area contributed by atoms with Gasteiger partial charge in [-0.25, -0.2) is 9.97 Å². The second-order valence-electron chi connectivity index (χ2n) is 9.22. The lowest BCUT2D eigenvalue weighted by molar-refractivity contribution is -0.129. The van der Waals surface area contributed by atoms with Crippen LogP contribution in [0, 0.1) is 0 Å². The molecule has 8 nitrogen and oxygen atoms in total. The van der Waals surface area contributed by atoms with Crippen LogP contribution >= 0.6 is 0 Å². The van der Waals surface area contributed by atoms with Gasteiger partial charge in [0.1, 0.15) is 18.2 Å². The normalized spacial score (nSPS) is 11.2. The average molecular weight is 495 g/mol. The zero-order chi connectivity index (χ0) is 25.8. The van der Waals surface area contributed by atoms with Crippen molar-refractivity contribution in [2.75, 3.05) is 46.2 Å². The number of ether oxygens (including phenoxy) is 1. The lowest BCUT2D eigenvalue weighted by Crippen LogP contribution is -2.36. The predicted octanol–water partition coefficient (Wildman–Crippen LogP) is 4.92. The molecule has 2 heterocycles. The number of carbonyl (C=O) groups is 1. The van der Waals surface area contributed by atoms with Crippen LogP contribution in [0.25, 0.3) is 33.2 Å². The third-order valence-electron chi connectivity index (χ3n) is 6.16. The first-order valence-corrected chi connectivity index (χ1v) is 12.2. The van der Waals surface area contributed by atoms with Crippen molar-refractivity contribution in [1.29, 1.82) is 0 Å². The predicted molar refractivity (Wildman–Crippen MR) is 148 cm³/mol. The van der Waals surface area contributed by atoms with Gasteiger partial charge in [0.25, 0.3) is 0 Å². The second-order valence-corrected chi connectivity index (χ2v) is 9.22. The van der Waals surface area contributed by atoms with Crippen molar-refractivity contribution < 1.29 is 9.53 Å². The number of aromatic nitrogens is 3. The molecule has 3 aromatic carbocycles. The van der Waals surface area contributed by atoms with Crippen molar-refractivity contribution in [3.05, 3.63) is 79.0 Å². The molecule has 0 bridgehead atoms. The number of carbonyl (C=O) groups excluding carboxylic acids is 1. The van der Waals surface area contributed by atoms with Gasteiger partial charge in [0.05, 0.1) is 12.1 Å². The van der Waals surface area contributed by atoms with Crippen LogP contribution in [-0.4, -0.2) is 71.5 Å². The summed E-state index contributed by atoms with van der Waals surface area (Å²) >= 11 is 0. The maximum atomic E-state index is 11.9. The molecule has 2 N–H and O–H groups in total. The summed E-state index contributed by atoms with van der Waals surface area (Å²) in [6.45, 7) is 1.44. The monoisotopic (exact) mass is 494 g/mol. The first-order chi connectivity index (χ1) is 18.0. The number of nitrogens with zero attached hydrogens (tertiary/aromatic N) is 4. The Morgan fingerprint density at radius 1 is 0.973 bits per heavy atom. The van der Waals surface area contributed by atoms with Crippen LogP contribution in [0.4, 0.5) is 11.5 Å². The van der Waals surface area contributed by atoms with Crippen molar-refractivity contribution in [3.8, 4) is 17.1 Å². The molecule has 0 radical (unpaired) electrons. The molecule has 5 aromatic rings. The standard InChI is InChI=1S/C29H30N6O2/c1-34(2)27(36)19-35(3)15-16-37-23-10-12-26-24(18-23)29(33-28(32-26)20-7-5-4-6-8-20)31-22-9-11-25-21(17-22)13-14-30-25/h4-14,17-18,30H,15-16,19H2,1-3H3,(H,31,32,33). The molecule has 0 saturated carbocycles. The molecule has 5 rings (SSSR count). The van der Waals surface area contributed by atoms with Crippen LogP contribution in [0.3, 0.4) is 0 Å².